The molecule has 0 saturated carbocycles. The van der Waals surface area contributed by atoms with E-state index >= 15 is 0 Å². The number of nitrogens with zero attached hydrogens (tertiary/aromatic N) is 1. The van der Waals surface area contributed by atoms with E-state index in [1.165, 1.54) is 11.8 Å². The molecule has 1 heterocycles. The molecule has 1 amide bonds. The Labute approximate surface area is 135 Å². The van der Waals surface area contributed by atoms with E-state index in [1.807, 2.05) is 12.1 Å². The van der Waals surface area contributed by atoms with Gasteiger partial charge in [0.1, 0.15) is 5.82 Å². The average molecular weight is 310 g/mol. The maximum Gasteiger partial charge on any atom is 0.224 e. The molecular weight excluding hydrogens is 291 g/mol. The van der Waals surface area contributed by atoms with Crippen LogP contribution in [-0.2, 0) is 17.8 Å². The number of halogens is 1. The maximum absolute atomic E-state index is 13.5. The molecule has 0 atom stereocenters. The molecule has 0 fully saturated rings. The smallest absolute Gasteiger partial charge is 0.224 e. The molecule has 0 spiro atoms. The molecule has 23 heavy (non-hydrogen) atoms. The zero-order valence-electron chi connectivity index (χ0n) is 12.8. The largest absolute Gasteiger partial charge is 0.364 e. The monoisotopic (exact) mass is 310 g/mol. The van der Waals surface area contributed by atoms with E-state index in [-0.39, 0.29) is 18.1 Å². The van der Waals surface area contributed by atoms with Crippen molar-refractivity contribution < 1.29 is 9.18 Å². The van der Waals surface area contributed by atoms with Crippen LogP contribution in [0.15, 0.2) is 60.7 Å². The van der Waals surface area contributed by atoms with Crippen LogP contribution >= 0.6 is 0 Å². The fraction of sp³-hybridized carbons (Fsp3) is 0.211. The lowest BCUT2D eigenvalue weighted by atomic mass is 10.1. The van der Waals surface area contributed by atoms with Crippen LogP contribution in [-0.4, -0.2) is 19.0 Å². The summed E-state index contributed by atoms with van der Waals surface area (Å²) in [6.07, 6.45) is 4.36. The number of anilines is 1. The molecule has 2 aromatic carbocycles. The Balaban J connectivity index is 1.51. The van der Waals surface area contributed by atoms with Crippen molar-refractivity contribution in [2.24, 2.45) is 0 Å². The first kappa shape index (κ1) is 15.3. The van der Waals surface area contributed by atoms with Gasteiger partial charge in [0.2, 0.25) is 5.91 Å². The van der Waals surface area contributed by atoms with Gasteiger partial charge < -0.3 is 10.2 Å². The lowest BCUT2D eigenvalue weighted by molar-refractivity contribution is -0.120. The third-order valence-corrected chi connectivity index (χ3v) is 3.92. The van der Waals surface area contributed by atoms with E-state index in [4.69, 9.17) is 0 Å². The van der Waals surface area contributed by atoms with Crippen molar-refractivity contribution in [3.8, 4) is 0 Å². The predicted octanol–water partition coefficient (Wildman–Crippen LogP) is 3.06. The molecule has 1 aliphatic heterocycles. The molecule has 1 N–H and O–H groups in total. The average Bonchev–Trinajstić information content (AvgIpc) is 3.10. The Morgan fingerprint density at radius 1 is 1.04 bits per heavy atom. The maximum atomic E-state index is 13.5. The zero-order chi connectivity index (χ0) is 16.1. The molecule has 4 heteroatoms. The van der Waals surface area contributed by atoms with Gasteiger partial charge in [0.25, 0.3) is 0 Å². The highest BCUT2D eigenvalue weighted by molar-refractivity contribution is 5.78. The number of hydrogen-bond acceptors (Lipinski definition) is 2. The molecule has 0 bridgehead atoms. The minimum absolute atomic E-state index is 0.0597. The molecule has 118 valence electrons. The summed E-state index contributed by atoms with van der Waals surface area (Å²) in [5, 5.41) is 2.83. The van der Waals surface area contributed by atoms with Crippen LogP contribution in [0.3, 0.4) is 0 Å². The molecule has 0 aromatic heterocycles. The standard InChI is InChI=1S/C19H19FN2O/c20-18-6-2-1-5-16(18)13-19(23)21-14-15-7-9-17(10-8-15)22-11-3-4-12-22/h1-10H,11-14H2,(H,21,23). The van der Waals surface area contributed by atoms with Crippen molar-refractivity contribution in [1.82, 2.24) is 5.32 Å². The fourth-order valence-electron chi connectivity index (χ4n) is 2.59. The van der Waals surface area contributed by atoms with Crippen LogP contribution in [0.2, 0.25) is 0 Å². The van der Waals surface area contributed by atoms with Crippen LogP contribution in [0.25, 0.3) is 0 Å². The van der Waals surface area contributed by atoms with Crippen LogP contribution < -0.4 is 10.2 Å². The number of carbonyl (C=O) groups excluding carboxylic acids is 1. The van der Waals surface area contributed by atoms with Gasteiger partial charge in [0.05, 0.1) is 6.42 Å². The summed E-state index contributed by atoms with van der Waals surface area (Å²) in [4.78, 5) is 14.2. The Morgan fingerprint density at radius 2 is 1.74 bits per heavy atom. The van der Waals surface area contributed by atoms with Gasteiger partial charge >= 0.3 is 0 Å². The van der Waals surface area contributed by atoms with Gasteiger partial charge in [-0.15, -0.1) is 0 Å². The molecule has 2 aromatic rings. The van der Waals surface area contributed by atoms with Gasteiger partial charge in [-0.25, -0.2) is 4.39 Å². The summed E-state index contributed by atoms with van der Waals surface area (Å²) in [6, 6.07) is 14.5. The number of rotatable bonds is 5. The highest BCUT2D eigenvalue weighted by Crippen LogP contribution is 2.17. The minimum atomic E-state index is -0.341. The molecule has 0 unspecified atom stereocenters. The van der Waals surface area contributed by atoms with E-state index in [0.717, 1.165) is 18.7 Å². The van der Waals surface area contributed by atoms with Gasteiger partial charge in [-0.1, -0.05) is 42.5 Å². The fourth-order valence-corrected chi connectivity index (χ4v) is 2.59. The summed E-state index contributed by atoms with van der Waals surface area (Å²) in [6.45, 7) is 2.34. The quantitative estimate of drug-likeness (QED) is 0.861. The van der Waals surface area contributed by atoms with Crippen molar-refractivity contribution in [1.29, 1.82) is 0 Å². The SMILES string of the molecule is O=C(Cc1ccccc1F)NCc1ccc(N2CC=CC2)cc1. The van der Waals surface area contributed by atoms with E-state index in [1.54, 1.807) is 18.2 Å². The number of hydrogen-bond donors (Lipinski definition) is 1. The Hall–Kier alpha value is -2.62. The third-order valence-electron chi connectivity index (χ3n) is 3.92. The van der Waals surface area contributed by atoms with E-state index in [9.17, 15) is 9.18 Å². The second-order valence-corrected chi connectivity index (χ2v) is 5.59. The Morgan fingerprint density at radius 3 is 2.43 bits per heavy atom. The first-order chi connectivity index (χ1) is 11.2. The highest BCUT2D eigenvalue weighted by atomic mass is 19.1. The van der Waals surface area contributed by atoms with Crippen molar-refractivity contribution in [3.63, 3.8) is 0 Å². The van der Waals surface area contributed by atoms with Gasteiger partial charge in [-0.2, -0.15) is 0 Å². The van der Waals surface area contributed by atoms with E-state index in [0.29, 0.717) is 12.1 Å². The first-order valence-corrected chi connectivity index (χ1v) is 7.71. The Bertz CT molecular complexity index is 702. The summed E-state index contributed by atoms with van der Waals surface area (Å²) in [5.74, 6) is -0.519. The summed E-state index contributed by atoms with van der Waals surface area (Å²) in [7, 11) is 0. The highest BCUT2D eigenvalue weighted by Gasteiger charge is 2.09. The van der Waals surface area contributed by atoms with Crippen molar-refractivity contribution in [3.05, 3.63) is 77.6 Å². The van der Waals surface area contributed by atoms with Crippen molar-refractivity contribution in [2.75, 3.05) is 18.0 Å². The summed E-state index contributed by atoms with van der Waals surface area (Å²) >= 11 is 0. The van der Waals surface area contributed by atoms with E-state index < -0.39 is 0 Å². The minimum Gasteiger partial charge on any atom is -0.364 e. The topological polar surface area (TPSA) is 32.3 Å². The normalized spacial score (nSPS) is 13.3. The lowest BCUT2D eigenvalue weighted by Gasteiger charge is -2.17. The molecule has 1 aliphatic rings. The van der Waals surface area contributed by atoms with Gasteiger partial charge in [-0.3, -0.25) is 4.79 Å². The molecule has 3 nitrogen and oxygen atoms in total. The number of benzene rings is 2. The van der Waals surface area contributed by atoms with Gasteiger partial charge in [-0.05, 0) is 29.3 Å². The van der Waals surface area contributed by atoms with Gasteiger partial charge in [0, 0.05) is 25.3 Å². The molecule has 3 rings (SSSR count). The molecule has 0 radical (unpaired) electrons. The summed E-state index contributed by atoms with van der Waals surface area (Å²) in [5.41, 5.74) is 2.63. The van der Waals surface area contributed by atoms with Crippen LogP contribution in [0.4, 0.5) is 10.1 Å². The number of nitrogens with one attached hydrogen (secondary N) is 1. The molecule has 0 saturated heterocycles. The molecule has 0 aliphatic carbocycles. The van der Waals surface area contributed by atoms with Crippen molar-refractivity contribution >= 4 is 11.6 Å². The summed E-state index contributed by atoms with van der Waals surface area (Å²) < 4.78 is 13.5. The second-order valence-electron chi connectivity index (χ2n) is 5.59. The van der Waals surface area contributed by atoms with Crippen LogP contribution in [0.1, 0.15) is 11.1 Å². The number of amides is 1. The van der Waals surface area contributed by atoms with Crippen LogP contribution in [0.5, 0.6) is 0 Å². The zero-order valence-corrected chi connectivity index (χ0v) is 12.8. The van der Waals surface area contributed by atoms with E-state index in [2.05, 4.69) is 34.5 Å². The van der Waals surface area contributed by atoms with Crippen LogP contribution in [0, 0.1) is 5.82 Å². The van der Waals surface area contributed by atoms with Gasteiger partial charge in [0.15, 0.2) is 0 Å². The second kappa shape index (κ2) is 7.09. The first-order valence-electron chi connectivity index (χ1n) is 7.71. The Kier molecular flexibility index (Phi) is 4.71. The lowest BCUT2D eigenvalue weighted by Crippen LogP contribution is -2.25. The number of carbonyl (C=O) groups is 1. The van der Waals surface area contributed by atoms with Crippen molar-refractivity contribution in [2.45, 2.75) is 13.0 Å². The molecular formula is C19H19FN2O. The predicted molar refractivity (Wildman–Crippen MR) is 89.7 cm³/mol. The third kappa shape index (κ3) is 3.97.